The number of carbonyl (C=O) groups excluding carboxylic acids is 1. The summed E-state index contributed by atoms with van der Waals surface area (Å²) >= 11 is 0. The molecule has 2 N–H and O–H groups in total. The van der Waals surface area contributed by atoms with Crippen molar-refractivity contribution in [2.45, 2.75) is 44.8 Å². The van der Waals surface area contributed by atoms with Gasteiger partial charge in [0.05, 0.1) is 0 Å². The molecular weight excluding hydrogens is 252 g/mol. The molecule has 1 fully saturated rings. The predicted molar refractivity (Wildman–Crippen MR) is 79.6 cm³/mol. The number of hydrogen-bond donors (Lipinski definition) is 1. The summed E-state index contributed by atoms with van der Waals surface area (Å²) < 4.78 is 5.44. The van der Waals surface area contributed by atoms with Crippen molar-refractivity contribution in [2.75, 3.05) is 13.1 Å². The molecule has 0 bridgehead atoms. The predicted octanol–water partition coefficient (Wildman–Crippen LogP) is 2.74. The zero-order valence-corrected chi connectivity index (χ0v) is 12.5. The number of amides is 1. The first-order valence-corrected chi connectivity index (χ1v) is 7.13. The van der Waals surface area contributed by atoms with Gasteiger partial charge in [-0.1, -0.05) is 30.3 Å². The van der Waals surface area contributed by atoms with Crippen LogP contribution in [0.2, 0.25) is 0 Å². The maximum Gasteiger partial charge on any atom is 0.410 e. The van der Waals surface area contributed by atoms with Gasteiger partial charge in [-0.05, 0) is 32.8 Å². The topological polar surface area (TPSA) is 55.6 Å². The van der Waals surface area contributed by atoms with Crippen molar-refractivity contribution in [3.05, 3.63) is 35.9 Å². The number of hydrogen-bond acceptors (Lipinski definition) is 3. The average molecular weight is 276 g/mol. The zero-order chi connectivity index (χ0) is 14.8. The fraction of sp³-hybridized carbons (Fsp3) is 0.562. The molecule has 4 nitrogen and oxygen atoms in total. The lowest BCUT2D eigenvalue weighted by atomic mass is 9.88. The summed E-state index contributed by atoms with van der Waals surface area (Å²) in [5.74, 6) is 0.285. The third-order valence-electron chi connectivity index (χ3n) is 3.41. The SMILES string of the molecule is CC(C)(C)OC(=O)N1C[C@@H](N)C[C@H](c2ccccc2)C1. The third kappa shape index (κ3) is 3.97. The molecule has 0 aromatic heterocycles. The lowest BCUT2D eigenvalue weighted by Gasteiger charge is -2.37. The van der Waals surface area contributed by atoms with Gasteiger partial charge in [0.2, 0.25) is 0 Å². The highest BCUT2D eigenvalue weighted by Crippen LogP contribution is 2.27. The molecule has 20 heavy (non-hydrogen) atoms. The van der Waals surface area contributed by atoms with E-state index < -0.39 is 5.60 Å². The summed E-state index contributed by atoms with van der Waals surface area (Å²) in [6.45, 7) is 6.88. The number of nitrogens with zero attached hydrogens (tertiary/aromatic N) is 1. The maximum atomic E-state index is 12.2. The van der Waals surface area contributed by atoms with Gasteiger partial charge in [0.1, 0.15) is 5.60 Å². The van der Waals surface area contributed by atoms with Crippen molar-refractivity contribution in [1.82, 2.24) is 4.90 Å². The van der Waals surface area contributed by atoms with Crippen LogP contribution in [-0.4, -0.2) is 35.7 Å². The normalized spacial score (nSPS) is 23.5. The Morgan fingerprint density at radius 1 is 1.25 bits per heavy atom. The second-order valence-corrected chi connectivity index (χ2v) is 6.49. The standard InChI is InChI=1S/C16H24N2O2/c1-16(2,3)20-15(19)18-10-13(9-14(17)11-18)12-7-5-4-6-8-12/h4-8,13-14H,9-11,17H2,1-3H3/t13-,14-/m0/s1. The first-order chi connectivity index (χ1) is 9.35. The molecule has 0 saturated carbocycles. The van der Waals surface area contributed by atoms with Gasteiger partial charge in [-0.15, -0.1) is 0 Å². The Labute approximate surface area is 120 Å². The number of nitrogens with two attached hydrogens (primary N) is 1. The van der Waals surface area contributed by atoms with Crippen LogP contribution in [0, 0.1) is 0 Å². The van der Waals surface area contributed by atoms with E-state index in [0.29, 0.717) is 13.1 Å². The average Bonchev–Trinajstić information content (AvgIpc) is 2.37. The van der Waals surface area contributed by atoms with Crippen LogP contribution < -0.4 is 5.73 Å². The molecule has 0 unspecified atom stereocenters. The second-order valence-electron chi connectivity index (χ2n) is 6.49. The minimum absolute atomic E-state index is 0.00137. The fourth-order valence-electron chi connectivity index (χ4n) is 2.58. The summed E-state index contributed by atoms with van der Waals surface area (Å²) in [4.78, 5) is 13.9. The summed E-state index contributed by atoms with van der Waals surface area (Å²) in [5.41, 5.74) is 6.87. The molecule has 2 atom stereocenters. The van der Waals surface area contributed by atoms with Gasteiger partial charge in [-0.25, -0.2) is 4.79 Å². The number of benzene rings is 1. The van der Waals surface area contributed by atoms with Gasteiger partial charge in [0.25, 0.3) is 0 Å². The van der Waals surface area contributed by atoms with Crippen molar-refractivity contribution in [3.8, 4) is 0 Å². The van der Waals surface area contributed by atoms with E-state index in [1.54, 1.807) is 4.90 Å². The minimum atomic E-state index is -0.471. The van der Waals surface area contributed by atoms with E-state index in [0.717, 1.165) is 6.42 Å². The molecule has 0 radical (unpaired) electrons. The van der Waals surface area contributed by atoms with Crippen LogP contribution >= 0.6 is 0 Å². The lowest BCUT2D eigenvalue weighted by Crippen LogP contribution is -2.50. The van der Waals surface area contributed by atoms with Gasteiger partial charge < -0.3 is 15.4 Å². The number of piperidine rings is 1. The Balaban J connectivity index is 2.07. The van der Waals surface area contributed by atoms with E-state index in [-0.39, 0.29) is 18.1 Å². The Morgan fingerprint density at radius 2 is 1.90 bits per heavy atom. The van der Waals surface area contributed by atoms with Crippen molar-refractivity contribution < 1.29 is 9.53 Å². The molecule has 0 spiro atoms. The molecule has 1 saturated heterocycles. The van der Waals surface area contributed by atoms with E-state index in [1.165, 1.54) is 5.56 Å². The summed E-state index contributed by atoms with van der Waals surface area (Å²) in [6, 6.07) is 10.2. The number of carbonyl (C=O) groups is 1. The monoisotopic (exact) mass is 276 g/mol. The van der Waals surface area contributed by atoms with Crippen molar-refractivity contribution in [1.29, 1.82) is 0 Å². The van der Waals surface area contributed by atoms with Crippen LogP contribution in [0.1, 0.15) is 38.7 Å². The van der Waals surface area contributed by atoms with Crippen LogP contribution in [0.5, 0.6) is 0 Å². The second kappa shape index (κ2) is 5.83. The summed E-state index contributed by atoms with van der Waals surface area (Å²) in [7, 11) is 0. The van der Waals surface area contributed by atoms with E-state index in [4.69, 9.17) is 10.5 Å². The summed E-state index contributed by atoms with van der Waals surface area (Å²) in [5, 5.41) is 0. The first-order valence-electron chi connectivity index (χ1n) is 7.13. The van der Waals surface area contributed by atoms with Gasteiger partial charge in [0.15, 0.2) is 0 Å². The molecular formula is C16H24N2O2. The maximum absolute atomic E-state index is 12.2. The third-order valence-corrected chi connectivity index (χ3v) is 3.41. The molecule has 4 heteroatoms. The van der Waals surface area contributed by atoms with Crippen molar-refractivity contribution in [2.24, 2.45) is 5.73 Å². The Hall–Kier alpha value is -1.55. The van der Waals surface area contributed by atoms with Crippen LogP contribution in [-0.2, 0) is 4.74 Å². The lowest BCUT2D eigenvalue weighted by molar-refractivity contribution is 0.0181. The minimum Gasteiger partial charge on any atom is -0.444 e. The quantitative estimate of drug-likeness (QED) is 0.858. The molecule has 1 aromatic rings. The van der Waals surface area contributed by atoms with E-state index in [1.807, 2.05) is 39.0 Å². The summed E-state index contributed by atoms with van der Waals surface area (Å²) in [6.07, 6.45) is 0.636. The molecule has 2 rings (SSSR count). The van der Waals surface area contributed by atoms with Crippen LogP contribution in [0.4, 0.5) is 4.79 Å². The van der Waals surface area contributed by atoms with Crippen LogP contribution in [0.15, 0.2) is 30.3 Å². The van der Waals surface area contributed by atoms with Crippen molar-refractivity contribution in [3.63, 3.8) is 0 Å². The largest absolute Gasteiger partial charge is 0.444 e. The highest BCUT2D eigenvalue weighted by atomic mass is 16.6. The molecule has 1 aliphatic rings. The van der Waals surface area contributed by atoms with Crippen LogP contribution in [0.3, 0.4) is 0 Å². The van der Waals surface area contributed by atoms with Crippen LogP contribution in [0.25, 0.3) is 0 Å². The highest BCUT2D eigenvalue weighted by Gasteiger charge is 2.31. The van der Waals surface area contributed by atoms with E-state index >= 15 is 0 Å². The molecule has 0 aliphatic carbocycles. The molecule has 1 aromatic carbocycles. The van der Waals surface area contributed by atoms with E-state index in [2.05, 4.69) is 12.1 Å². The van der Waals surface area contributed by atoms with Gasteiger partial charge in [-0.3, -0.25) is 0 Å². The Kier molecular flexibility index (Phi) is 4.33. The Morgan fingerprint density at radius 3 is 2.50 bits per heavy atom. The zero-order valence-electron chi connectivity index (χ0n) is 12.5. The highest BCUT2D eigenvalue weighted by molar-refractivity contribution is 5.68. The van der Waals surface area contributed by atoms with Gasteiger partial charge in [-0.2, -0.15) is 0 Å². The van der Waals surface area contributed by atoms with E-state index in [9.17, 15) is 4.79 Å². The van der Waals surface area contributed by atoms with Gasteiger partial charge >= 0.3 is 6.09 Å². The smallest absolute Gasteiger partial charge is 0.410 e. The first kappa shape index (κ1) is 14.9. The number of ether oxygens (including phenoxy) is 1. The van der Waals surface area contributed by atoms with Crippen molar-refractivity contribution >= 4 is 6.09 Å². The van der Waals surface area contributed by atoms with Gasteiger partial charge in [0, 0.05) is 25.0 Å². The molecule has 1 aliphatic heterocycles. The fourth-order valence-corrected chi connectivity index (χ4v) is 2.58. The molecule has 1 amide bonds. The molecule has 1 heterocycles. The molecule has 110 valence electrons. The Bertz CT molecular complexity index is 453. The number of rotatable bonds is 1. The number of likely N-dealkylation sites (tertiary alicyclic amines) is 1.